The van der Waals surface area contributed by atoms with Crippen LogP contribution in [-0.2, 0) is 9.53 Å². The first-order valence-electron chi connectivity index (χ1n) is 3.80. The standard InChI is InChI=1S/C8H11NO3S/c1-5-9-6(4-13-5)7(10)3-8(11)12-2/h4,7,10H,3H2,1-2H3. The number of aryl methyl sites for hydroxylation is 1. The van der Waals surface area contributed by atoms with Crippen molar-refractivity contribution in [1.29, 1.82) is 0 Å². The molecule has 0 saturated carbocycles. The van der Waals surface area contributed by atoms with Gasteiger partial charge in [0.15, 0.2) is 0 Å². The van der Waals surface area contributed by atoms with Gasteiger partial charge >= 0.3 is 5.97 Å². The number of hydrogen-bond acceptors (Lipinski definition) is 5. The summed E-state index contributed by atoms with van der Waals surface area (Å²) in [4.78, 5) is 14.9. The number of ether oxygens (including phenoxy) is 1. The van der Waals surface area contributed by atoms with E-state index in [1.807, 2.05) is 6.92 Å². The van der Waals surface area contributed by atoms with Crippen molar-refractivity contribution >= 4 is 17.3 Å². The normalized spacial score (nSPS) is 12.5. The maximum absolute atomic E-state index is 10.8. The molecular formula is C8H11NO3S. The minimum absolute atomic E-state index is 0.0420. The van der Waals surface area contributed by atoms with Gasteiger partial charge in [-0.1, -0.05) is 0 Å². The number of methoxy groups -OCH3 is 1. The summed E-state index contributed by atoms with van der Waals surface area (Å²) in [5.74, 6) is -0.432. The summed E-state index contributed by atoms with van der Waals surface area (Å²) in [6.07, 6.45) is -0.892. The summed E-state index contributed by atoms with van der Waals surface area (Å²) in [7, 11) is 1.29. The molecule has 0 bridgehead atoms. The molecule has 5 heteroatoms. The molecule has 0 aliphatic rings. The number of thiazole rings is 1. The van der Waals surface area contributed by atoms with Gasteiger partial charge in [-0.15, -0.1) is 11.3 Å². The first-order chi connectivity index (χ1) is 6.13. The first-order valence-corrected chi connectivity index (χ1v) is 4.68. The molecule has 1 N–H and O–H groups in total. The van der Waals surface area contributed by atoms with E-state index in [9.17, 15) is 9.90 Å². The van der Waals surface area contributed by atoms with E-state index in [2.05, 4.69) is 9.72 Å². The van der Waals surface area contributed by atoms with Crippen LogP contribution in [0.25, 0.3) is 0 Å². The molecule has 0 amide bonds. The van der Waals surface area contributed by atoms with Crippen molar-refractivity contribution in [3.8, 4) is 0 Å². The van der Waals surface area contributed by atoms with Crippen molar-refractivity contribution in [1.82, 2.24) is 4.98 Å². The van der Waals surface area contributed by atoms with Gasteiger partial charge in [-0.05, 0) is 6.92 Å². The smallest absolute Gasteiger partial charge is 0.308 e. The van der Waals surface area contributed by atoms with Crippen molar-refractivity contribution < 1.29 is 14.6 Å². The number of rotatable bonds is 3. The summed E-state index contributed by atoms with van der Waals surface area (Å²) < 4.78 is 4.43. The summed E-state index contributed by atoms with van der Waals surface area (Å²) in [5, 5.41) is 12.1. The summed E-state index contributed by atoms with van der Waals surface area (Å²) in [6.45, 7) is 1.85. The molecule has 4 nitrogen and oxygen atoms in total. The van der Waals surface area contributed by atoms with Gasteiger partial charge in [0.25, 0.3) is 0 Å². The molecule has 0 fully saturated rings. The molecule has 1 atom stereocenters. The van der Waals surface area contributed by atoms with Crippen molar-refractivity contribution in [2.24, 2.45) is 0 Å². The van der Waals surface area contributed by atoms with Crippen molar-refractivity contribution in [2.75, 3.05) is 7.11 Å². The second kappa shape index (κ2) is 4.34. The number of hydrogen-bond donors (Lipinski definition) is 1. The number of esters is 1. The van der Waals surface area contributed by atoms with Gasteiger partial charge in [-0.25, -0.2) is 4.98 Å². The Morgan fingerprint density at radius 3 is 3.00 bits per heavy atom. The van der Waals surface area contributed by atoms with E-state index in [0.29, 0.717) is 5.69 Å². The molecule has 1 aromatic rings. The first kappa shape index (κ1) is 10.1. The van der Waals surface area contributed by atoms with E-state index in [1.165, 1.54) is 18.4 Å². The molecule has 1 heterocycles. The molecule has 0 aromatic carbocycles. The Morgan fingerprint density at radius 1 is 1.85 bits per heavy atom. The Labute approximate surface area is 80.2 Å². The second-order valence-corrected chi connectivity index (χ2v) is 3.65. The fourth-order valence-electron chi connectivity index (χ4n) is 0.879. The average molecular weight is 201 g/mol. The molecule has 1 unspecified atom stereocenters. The Kier molecular flexibility index (Phi) is 3.39. The fraction of sp³-hybridized carbons (Fsp3) is 0.500. The summed E-state index contributed by atoms with van der Waals surface area (Å²) in [5.41, 5.74) is 0.535. The fourth-order valence-corrected chi connectivity index (χ4v) is 1.54. The minimum atomic E-state index is -0.850. The summed E-state index contributed by atoms with van der Waals surface area (Å²) >= 11 is 1.44. The van der Waals surface area contributed by atoms with E-state index < -0.39 is 12.1 Å². The lowest BCUT2D eigenvalue weighted by Crippen LogP contribution is -2.08. The van der Waals surface area contributed by atoms with Crippen LogP contribution in [0.15, 0.2) is 5.38 Å². The van der Waals surface area contributed by atoms with Crippen molar-refractivity contribution in [3.63, 3.8) is 0 Å². The zero-order valence-corrected chi connectivity index (χ0v) is 8.30. The molecule has 0 radical (unpaired) electrons. The topological polar surface area (TPSA) is 59.4 Å². The van der Waals surface area contributed by atoms with Crippen LogP contribution in [0, 0.1) is 6.92 Å². The van der Waals surface area contributed by atoms with Gasteiger partial charge in [-0.3, -0.25) is 4.79 Å². The zero-order chi connectivity index (χ0) is 9.84. The van der Waals surface area contributed by atoms with Gasteiger partial charge in [0, 0.05) is 5.38 Å². The number of carbonyl (C=O) groups excluding carboxylic acids is 1. The highest BCUT2D eigenvalue weighted by molar-refractivity contribution is 7.09. The lowest BCUT2D eigenvalue weighted by atomic mass is 10.2. The lowest BCUT2D eigenvalue weighted by Gasteiger charge is -2.04. The van der Waals surface area contributed by atoms with Crippen LogP contribution in [0.3, 0.4) is 0 Å². The van der Waals surface area contributed by atoms with E-state index in [1.54, 1.807) is 5.38 Å². The van der Waals surface area contributed by atoms with Crippen LogP contribution in [-0.4, -0.2) is 23.2 Å². The highest BCUT2D eigenvalue weighted by Crippen LogP contribution is 2.18. The number of carbonyl (C=O) groups is 1. The molecule has 72 valence electrons. The van der Waals surface area contributed by atoms with Crippen molar-refractivity contribution in [3.05, 3.63) is 16.1 Å². The molecule has 0 saturated heterocycles. The predicted molar refractivity (Wildman–Crippen MR) is 48.4 cm³/mol. The monoisotopic (exact) mass is 201 g/mol. The summed E-state index contributed by atoms with van der Waals surface area (Å²) in [6, 6.07) is 0. The van der Waals surface area contributed by atoms with Crippen LogP contribution in [0.1, 0.15) is 23.2 Å². The molecule has 0 spiro atoms. The lowest BCUT2D eigenvalue weighted by molar-refractivity contribution is -0.142. The van der Waals surface area contributed by atoms with E-state index in [4.69, 9.17) is 0 Å². The van der Waals surface area contributed by atoms with Gasteiger partial charge in [0.05, 0.1) is 24.2 Å². The van der Waals surface area contributed by atoms with Crippen LogP contribution in [0.4, 0.5) is 0 Å². The minimum Gasteiger partial charge on any atom is -0.469 e. The Balaban J connectivity index is 2.58. The average Bonchev–Trinajstić information content (AvgIpc) is 2.51. The van der Waals surface area contributed by atoms with E-state index in [-0.39, 0.29) is 6.42 Å². The van der Waals surface area contributed by atoms with Crippen LogP contribution in [0.2, 0.25) is 0 Å². The quantitative estimate of drug-likeness (QED) is 0.742. The third-order valence-electron chi connectivity index (χ3n) is 1.57. The number of aliphatic hydroxyl groups is 1. The highest BCUT2D eigenvalue weighted by Gasteiger charge is 2.15. The molecule has 0 aliphatic heterocycles. The Hall–Kier alpha value is -0.940. The second-order valence-electron chi connectivity index (χ2n) is 2.59. The largest absolute Gasteiger partial charge is 0.469 e. The Bertz CT molecular complexity index is 297. The maximum Gasteiger partial charge on any atom is 0.308 e. The van der Waals surface area contributed by atoms with E-state index in [0.717, 1.165) is 5.01 Å². The van der Waals surface area contributed by atoms with Crippen LogP contribution < -0.4 is 0 Å². The molecule has 1 aromatic heterocycles. The third-order valence-corrected chi connectivity index (χ3v) is 2.36. The molecule has 1 rings (SSSR count). The van der Waals surface area contributed by atoms with Crippen LogP contribution >= 0.6 is 11.3 Å². The number of aliphatic hydroxyl groups excluding tert-OH is 1. The predicted octanol–water partition coefficient (Wildman–Crippen LogP) is 1.05. The molecular weight excluding hydrogens is 190 g/mol. The number of aromatic nitrogens is 1. The molecule has 0 aliphatic carbocycles. The van der Waals surface area contributed by atoms with E-state index >= 15 is 0 Å². The zero-order valence-electron chi connectivity index (χ0n) is 7.48. The van der Waals surface area contributed by atoms with Gasteiger partial charge in [0.1, 0.15) is 6.10 Å². The SMILES string of the molecule is COC(=O)CC(O)c1csc(C)n1. The van der Waals surface area contributed by atoms with Gasteiger partial charge < -0.3 is 9.84 Å². The van der Waals surface area contributed by atoms with Gasteiger partial charge in [-0.2, -0.15) is 0 Å². The number of nitrogens with zero attached hydrogens (tertiary/aromatic N) is 1. The third kappa shape index (κ3) is 2.78. The van der Waals surface area contributed by atoms with Crippen LogP contribution in [0.5, 0.6) is 0 Å². The van der Waals surface area contributed by atoms with Gasteiger partial charge in [0.2, 0.25) is 0 Å². The maximum atomic E-state index is 10.8. The van der Waals surface area contributed by atoms with Crippen molar-refractivity contribution in [2.45, 2.75) is 19.4 Å². The highest BCUT2D eigenvalue weighted by atomic mass is 32.1. The molecule has 13 heavy (non-hydrogen) atoms. The Morgan fingerprint density at radius 2 is 2.54 bits per heavy atom.